The van der Waals surface area contributed by atoms with Crippen LogP contribution >= 0.6 is 0 Å². The molecule has 0 fully saturated rings. The molecular formula is C13H18N2O2. The number of nitrogens with one attached hydrogen (secondary N) is 1. The quantitative estimate of drug-likeness (QED) is 0.769. The van der Waals surface area contributed by atoms with Crippen LogP contribution in [0.4, 0.5) is 5.82 Å². The average Bonchev–Trinajstić information content (AvgIpc) is 2.28. The molecule has 1 heterocycles. The van der Waals surface area contributed by atoms with Gasteiger partial charge in [0, 0.05) is 12.2 Å². The maximum absolute atomic E-state index is 10.9. The number of nitrogens with zero attached hydrogens (tertiary/aromatic N) is 1. The van der Waals surface area contributed by atoms with E-state index in [-0.39, 0.29) is 5.56 Å². The molecule has 0 radical (unpaired) electrons. The number of hydrogen-bond acceptors (Lipinski definition) is 3. The van der Waals surface area contributed by atoms with Gasteiger partial charge in [0.25, 0.3) is 0 Å². The van der Waals surface area contributed by atoms with E-state index in [0.29, 0.717) is 12.4 Å². The van der Waals surface area contributed by atoms with Gasteiger partial charge >= 0.3 is 5.97 Å². The normalized spacial score (nSPS) is 9.82. The van der Waals surface area contributed by atoms with E-state index in [0.717, 1.165) is 12.1 Å². The largest absolute Gasteiger partial charge is 0.478 e. The van der Waals surface area contributed by atoms with Gasteiger partial charge in [-0.15, -0.1) is 0 Å². The van der Waals surface area contributed by atoms with Crippen LogP contribution in [0.15, 0.2) is 23.8 Å². The number of carboxylic acids is 1. The smallest absolute Gasteiger partial charge is 0.335 e. The van der Waals surface area contributed by atoms with Crippen molar-refractivity contribution in [3.05, 3.63) is 35.0 Å². The number of allylic oxidation sites excluding steroid dienone is 1. The topological polar surface area (TPSA) is 62.2 Å². The molecule has 4 nitrogen and oxygen atoms in total. The molecule has 0 saturated carbocycles. The van der Waals surface area contributed by atoms with Crippen molar-refractivity contribution in [1.82, 2.24) is 4.98 Å². The summed E-state index contributed by atoms with van der Waals surface area (Å²) in [5, 5.41) is 12.1. The standard InChI is InChI=1S/C13H18N2O2/c1-4-11-7-10(13(16)17)8-12(15-11)14-6-5-9(2)3/h5,7-8H,4,6H2,1-3H3,(H,14,15)(H,16,17). The molecule has 0 aromatic carbocycles. The van der Waals surface area contributed by atoms with Crippen LogP contribution < -0.4 is 5.32 Å². The molecule has 92 valence electrons. The van der Waals surface area contributed by atoms with E-state index in [4.69, 9.17) is 5.11 Å². The molecule has 0 aliphatic heterocycles. The van der Waals surface area contributed by atoms with Crippen LogP contribution in [0.25, 0.3) is 0 Å². The highest BCUT2D eigenvalue weighted by Gasteiger charge is 2.07. The minimum atomic E-state index is -0.924. The molecule has 0 bridgehead atoms. The third-order valence-corrected chi connectivity index (χ3v) is 2.28. The van der Waals surface area contributed by atoms with Gasteiger partial charge in [-0.2, -0.15) is 0 Å². The predicted molar refractivity (Wildman–Crippen MR) is 68.5 cm³/mol. The van der Waals surface area contributed by atoms with Crippen molar-refractivity contribution in [1.29, 1.82) is 0 Å². The lowest BCUT2D eigenvalue weighted by Gasteiger charge is -2.07. The Balaban J connectivity index is 2.87. The van der Waals surface area contributed by atoms with E-state index >= 15 is 0 Å². The van der Waals surface area contributed by atoms with Gasteiger partial charge in [-0.25, -0.2) is 9.78 Å². The van der Waals surface area contributed by atoms with Gasteiger partial charge in [-0.05, 0) is 32.4 Å². The van der Waals surface area contributed by atoms with Crippen LogP contribution in [-0.4, -0.2) is 22.6 Å². The van der Waals surface area contributed by atoms with Crippen molar-refractivity contribution in [2.75, 3.05) is 11.9 Å². The minimum absolute atomic E-state index is 0.275. The first-order valence-corrected chi connectivity index (χ1v) is 5.64. The fraction of sp³-hybridized carbons (Fsp3) is 0.385. The molecule has 0 amide bonds. The molecule has 2 N–H and O–H groups in total. The maximum Gasteiger partial charge on any atom is 0.335 e. The highest BCUT2D eigenvalue weighted by molar-refractivity contribution is 5.88. The third-order valence-electron chi connectivity index (χ3n) is 2.28. The maximum atomic E-state index is 10.9. The monoisotopic (exact) mass is 234 g/mol. The lowest BCUT2D eigenvalue weighted by atomic mass is 10.2. The summed E-state index contributed by atoms with van der Waals surface area (Å²) in [5.74, 6) is -0.313. The zero-order chi connectivity index (χ0) is 12.8. The highest BCUT2D eigenvalue weighted by atomic mass is 16.4. The molecule has 1 aromatic rings. The summed E-state index contributed by atoms with van der Waals surface area (Å²) in [5.41, 5.74) is 2.27. The Hall–Kier alpha value is -1.84. The number of rotatable bonds is 5. The van der Waals surface area contributed by atoms with Gasteiger partial charge in [0.15, 0.2) is 0 Å². The molecule has 0 unspecified atom stereocenters. The Morgan fingerprint density at radius 1 is 1.47 bits per heavy atom. The van der Waals surface area contributed by atoms with Crippen molar-refractivity contribution in [3.8, 4) is 0 Å². The lowest BCUT2D eigenvalue weighted by molar-refractivity contribution is 0.0696. The molecular weight excluding hydrogens is 216 g/mol. The van der Waals surface area contributed by atoms with Gasteiger partial charge in [0.1, 0.15) is 5.82 Å². The number of carboxylic acid groups (broad SMARTS) is 1. The minimum Gasteiger partial charge on any atom is -0.478 e. The number of aromatic carboxylic acids is 1. The fourth-order valence-electron chi connectivity index (χ4n) is 1.34. The summed E-state index contributed by atoms with van der Waals surface area (Å²) < 4.78 is 0. The summed E-state index contributed by atoms with van der Waals surface area (Å²) in [6, 6.07) is 3.16. The summed E-state index contributed by atoms with van der Waals surface area (Å²) >= 11 is 0. The second-order valence-electron chi connectivity index (χ2n) is 4.05. The zero-order valence-corrected chi connectivity index (χ0v) is 10.4. The number of aromatic nitrogens is 1. The fourth-order valence-corrected chi connectivity index (χ4v) is 1.34. The van der Waals surface area contributed by atoms with Crippen molar-refractivity contribution in [2.24, 2.45) is 0 Å². The molecule has 0 saturated heterocycles. The number of pyridine rings is 1. The molecule has 17 heavy (non-hydrogen) atoms. The Bertz CT molecular complexity index is 435. The Labute approximate surface area is 101 Å². The molecule has 1 rings (SSSR count). The van der Waals surface area contributed by atoms with Gasteiger partial charge in [-0.3, -0.25) is 0 Å². The van der Waals surface area contributed by atoms with Gasteiger partial charge in [0.05, 0.1) is 5.56 Å². The SMILES string of the molecule is CCc1cc(C(=O)O)cc(NCC=C(C)C)n1. The predicted octanol–water partition coefficient (Wildman–Crippen LogP) is 2.72. The van der Waals surface area contributed by atoms with Crippen LogP contribution in [0.5, 0.6) is 0 Å². The van der Waals surface area contributed by atoms with Crippen LogP contribution in [-0.2, 0) is 6.42 Å². The molecule has 1 aromatic heterocycles. The summed E-state index contributed by atoms with van der Waals surface area (Å²) in [4.78, 5) is 15.3. The summed E-state index contributed by atoms with van der Waals surface area (Å²) in [6.07, 6.45) is 2.75. The first-order valence-electron chi connectivity index (χ1n) is 5.64. The second kappa shape index (κ2) is 6.03. The van der Waals surface area contributed by atoms with Crippen molar-refractivity contribution < 1.29 is 9.90 Å². The Morgan fingerprint density at radius 2 is 2.18 bits per heavy atom. The number of hydrogen-bond donors (Lipinski definition) is 2. The molecule has 4 heteroatoms. The zero-order valence-electron chi connectivity index (χ0n) is 10.4. The van der Waals surface area contributed by atoms with E-state index in [9.17, 15) is 4.79 Å². The molecule has 0 atom stereocenters. The lowest BCUT2D eigenvalue weighted by Crippen LogP contribution is -2.06. The highest BCUT2D eigenvalue weighted by Crippen LogP contribution is 2.11. The third kappa shape index (κ3) is 4.26. The van der Waals surface area contributed by atoms with Gasteiger partial charge in [0.2, 0.25) is 0 Å². The van der Waals surface area contributed by atoms with Gasteiger partial charge in [-0.1, -0.05) is 18.6 Å². The van der Waals surface area contributed by atoms with Crippen LogP contribution in [0, 0.1) is 0 Å². The summed E-state index contributed by atoms with van der Waals surface area (Å²) in [6.45, 7) is 6.63. The second-order valence-corrected chi connectivity index (χ2v) is 4.05. The van der Waals surface area contributed by atoms with E-state index in [1.54, 1.807) is 12.1 Å². The first kappa shape index (κ1) is 13.2. The number of anilines is 1. The number of carbonyl (C=O) groups is 1. The molecule has 0 aliphatic carbocycles. The van der Waals surface area contributed by atoms with Crippen LogP contribution in [0.3, 0.4) is 0 Å². The molecule has 0 spiro atoms. The Kier molecular flexibility index (Phi) is 4.69. The van der Waals surface area contributed by atoms with Crippen LogP contribution in [0.1, 0.15) is 36.8 Å². The molecule has 0 aliphatic rings. The van der Waals surface area contributed by atoms with Crippen molar-refractivity contribution in [2.45, 2.75) is 27.2 Å². The first-order chi connectivity index (χ1) is 8.02. The van der Waals surface area contributed by atoms with Crippen molar-refractivity contribution in [3.63, 3.8) is 0 Å². The van der Waals surface area contributed by atoms with E-state index < -0.39 is 5.97 Å². The summed E-state index contributed by atoms with van der Waals surface area (Å²) in [7, 11) is 0. The van der Waals surface area contributed by atoms with Crippen molar-refractivity contribution >= 4 is 11.8 Å². The van der Waals surface area contributed by atoms with Gasteiger partial charge < -0.3 is 10.4 Å². The Morgan fingerprint density at radius 3 is 2.71 bits per heavy atom. The number of aryl methyl sites for hydroxylation is 1. The van der Waals surface area contributed by atoms with E-state index in [1.807, 2.05) is 26.8 Å². The van der Waals surface area contributed by atoms with Crippen LogP contribution in [0.2, 0.25) is 0 Å². The van der Waals surface area contributed by atoms with E-state index in [2.05, 4.69) is 10.3 Å². The van der Waals surface area contributed by atoms with E-state index in [1.165, 1.54) is 5.57 Å². The average molecular weight is 234 g/mol.